The van der Waals surface area contributed by atoms with Crippen LogP contribution in [0.3, 0.4) is 0 Å². The van der Waals surface area contributed by atoms with Crippen LogP contribution in [0.2, 0.25) is 5.02 Å². The summed E-state index contributed by atoms with van der Waals surface area (Å²) in [5, 5.41) is 4.24. The van der Waals surface area contributed by atoms with Crippen LogP contribution in [0.4, 0.5) is 0 Å². The molecule has 1 aromatic rings. The second-order valence-electron chi connectivity index (χ2n) is 5.03. The number of nitrogens with zero attached hydrogens (tertiary/aromatic N) is 1. The molecular weight excluding hydrogens is 232 g/mol. The van der Waals surface area contributed by atoms with E-state index < -0.39 is 0 Å². The highest BCUT2D eigenvalue weighted by Crippen LogP contribution is 2.30. The molecule has 3 heteroatoms. The lowest BCUT2D eigenvalue weighted by atomic mass is 9.94. The second-order valence-corrected chi connectivity index (χ2v) is 5.47. The molecule has 1 unspecified atom stereocenters. The van der Waals surface area contributed by atoms with Crippen LogP contribution in [-0.4, -0.2) is 31.1 Å². The van der Waals surface area contributed by atoms with Crippen molar-refractivity contribution in [3.8, 4) is 0 Å². The Morgan fingerprint density at radius 1 is 1.24 bits per heavy atom. The van der Waals surface area contributed by atoms with Gasteiger partial charge in [-0.3, -0.25) is 4.90 Å². The molecule has 0 spiro atoms. The fourth-order valence-corrected chi connectivity index (χ4v) is 2.87. The topological polar surface area (TPSA) is 15.3 Å². The van der Waals surface area contributed by atoms with E-state index in [9.17, 15) is 0 Å². The Hall–Kier alpha value is -0.570. The van der Waals surface area contributed by atoms with Crippen LogP contribution in [0.1, 0.15) is 25.5 Å². The van der Waals surface area contributed by atoms with Gasteiger partial charge in [0.15, 0.2) is 0 Å². The molecule has 94 valence electrons. The number of halogens is 1. The van der Waals surface area contributed by atoms with E-state index in [2.05, 4.69) is 42.3 Å². The van der Waals surface area contributed by atoms with Crippen molar-refractivity contribution in [3.63, 3.8) is 0 Å². The Bertz CT molecular complexity index is 359. The number of piperazine rings is 1. The molecule has 2 rings (SSSR count). The number of hydrogen-bond acceptors (Lipinski definition) is 2. The van der Waals surface area contributed by atoms with Gasteiger partial charge in [-0.1, -0.05) is 37.6 Å². The van der Waals surface area contributed by atoms with Gasteiger partial charge in [0.2, 0.25) is 0 Å². The summed E-state index contributed by atoms with van der Waals surface area (Å²) in [7, 11) is 0. The minimum absolute atomic E-state index is 0.482. The van der Waals surface area contributed by atoms with Crippen molar-refractivity contribution < 1.29 is 0 Å². The average Bonchev–Trinajstić information content (AvgIpc) is 2.30. The SMILES string of the molecule is CC(C)C(c1cccc(Cl)c1)N1CCNCC1. The highest BCUT2D eigenvalue weighted by atomic mass is 35.5. The van der Waals surface area contributed by atoms with Crippen LogP contribution >= 0.6 is 11.6 Å². The first-order chi connectivity index (χ1) is 8.18. The maximum absolute atomic E-state index is 6.10. The molecule has 1 heterocycles. The van der Waals surface area contributed by atoms with Crippen molar-refractivity contribution in [1.82, 2.24) is 10.2 Å². The minimum atomic E-state index is 0.482. The van der Waals surface area contributed by atoms with E-state index in [1.54, 1.807) is 0 Å². The standard InChI is InChI=1S/C14H21ClN2/c1-11(2)14(17-8-6-16-7-9-17)12-4-3-5-13(15)10-12/h3-5,10-11,14,16H,6-9H2,1-2H3. The maximum atomic E-state index is 6.10. The summed E-state index contributed by atoms with van der Waals surface area (Å²) in [6.07, 6.45) is 0. The van der Waals surface area contributed by atoms with Gasteiger partial charge >= 0.3 is 0 Å². The summed E-state index contributed by atoms with van der Waals surface area (Å²) in [6, 6.07) is 8.78. The van der Waals surface area contributed by atoms with E-state index in [0.717, 1.165) is 31.2 Å². The van der Waals surface area contributed by atoms with E-state index in [-0.39, 0.29) is 0 Å². The van der Waals surface area contributed by atoms with Gasteiger partial charge in [0.1, 0.15) is 0 Å². The van der Waals surface area contributed by atoms with E-state index in [0.29, 0.717) is 12.0 Å². The van der Waals surface area contributed by atoms with Crippen molar-refractivity contribution in [2.24, 2.45) is 5.92 Å². The second kappa shape index (κ2) is 5.85. The minimum Gasteiger partial charge on any atom is -0.314 e. The zero-order valence-electron chi connectivity index (χ0n) is 10.6. The molecule has 0 amide bonds. The molecule has 1 aliphatic rings. The zero-order valence-corrected chi connectivity index (χ0v) is 11.4. The molecular formula is C14H21ClN2. The van der Waals surface area contributed by atoms with Gasteiger partial charge in [0, 0.05) is 37.2 Å². The third kappa shape index (κ3) is 3.21. The molecule has 0 radical (unpaired) electrons. The molecule has 0 bridgehead atoms. The zero-order chi connectivity index (χ0) is 12.3. The van der Waals surface area contributed by atoms with Gasteiger partial charge in [-0.2, -0.15) is 0 Å². The number of benzene rings is 1. The summed E-state index contributed by atoms with van der Waals surface area (Å²) in [5.74, 6) is 0.603. The molecule has 0 aromatic heterocycles. The first-order valence-electron chi connectivity index (χ1n) is 6.38. The normalized spacial score (nSPS) is 19.5. The lowest BCUT2D eigenvalue weighted by Crippen LogP contribution is -2.46. The summed E-state index contributed by atoms with van der Waals surface area (Å²) in [5.41, 5.74) is 1.34. The Balaban J connectivity index is 2.21. The molecule has 2 nitrogen and oxygen atoms in total. The largest absolute Gasteiger partial charge is 0.314 e. The van der Waals surface area contributed by atoms with E-state index in [4.69, 9.17) is 11.6 Å². The average molecular weight is 253 g/mol. The van der Waals surface area contributed by atoms with E-state index in [1.807, 2.05) is 6.07 Å². The highest BCUT2D eigenvalue weighted by Gasteiger charge is 2.24. The summed E-state index contributed by atoms with van der Waals surface area (Å²) >= 11 is 6.10. The van der Waals surface area contributed by atoms with Gasteiger partial charge in [-0.25, -0.2) is 0 Å². The van der Waals surface area contributed by atoms with Crippen LogP contribution in [0, 0.1) is 5.92 Å². The van der Waals surface area contributed by atoms with Gasteiger partial charge in [0.25, 0.3) is 0 Å². The van der Waals surface area contributed by atoms with Crippen molar-refractivity contribution in [3.05, 3.63) is 34.9 Å². The Morgan fingerprint density at radius 3 is 2.53 bits per heavy atom. The molecule has 1 aromatic carbocycles. The fourth-order valence-electron chi connectivity index (χ4n) is 2.67. The monoisotopic (exact) mass is 252 g/mol. The van der Waals surface area contributed by atoms with Crippen molar-refractivity contribution in [2.75, 3.05) is 26.2 Å². The van der Waals surface area contributed by atoms with Crippen molar-refractivity contribution >= 4 is 11.6 Å². The summed E-state index contributed by atoms with van der Waals surface area (Å²) in [6.45, 7) is 8.99. The van der Waals surface area contributed by atoms with Crippen LogP contribution in [0.5, 0.6) is 0 Å². The third-order valence-electron chi connectivity index (χ3n) is 3.37. The van der Waals surface area contributed by atoms with Crippen LogP contribution < -0.4 is 5.32 Å². The molecule has 1 saturated heterocycles. The lowest BCUT2D eigenvalue weighted by molar-refractivity contribution is 0.137. The molecule has 1 atom stereocenters. The molecule has 0 saturated carbocycles. The van der Waals surface area contributed by atoms with E-state index >= 15 is 0 Å². The van der Waals surface area contributed by atoms with Gasteiger partial charge in [0.05, 0.1) is 0 Å². The van der Waals surface area contributed by atoms with E-state index in [1.165, 1.54) is 5.56 Å². The van der Waals surface area contributed by atoms with Crippen LogP contribution in [0.25, 0.3) is 0 Å². The number of hydrogen-bond donors (Lipinski definition) is 1. The van der Waals surface area contributed by atoms with Crippen molar-refractivity contribution in [1.29, 1.82) is 0 Å². The van der Waals surface area contributed by atoms with Crippen LogP contribution in [0.15, 0.2) is 24.3 Å². The van der Waals surface area contributed by atoms with Gasteiger partial charge in [-0.05, 0) is 23.6 Å². The first kappa shape index (κ1) is 12.9. The molecule has 0 aliphatic carbocycles. The molecule has 1 aliphatic heterocycles. The predicted molar refractivity (Wildman–Crippen MR) is 73.5 cm³/mol. The van der Waals surface area contributed by atoms with Crippen molar-refractivity contribution in [2.45, 2.75) is 19.9 Å². The Morgan fingerprint density at radius 2 is 1.94 bits per heavy atom. The Labute approximate surface area is 109 Å². The van der Waals surface area contributed by atoms with Crippen LogP contribution in [-0.2, 0) is 0 Å². The highest BCUT2D eigenvalue weighted by molar-refractivity contribution is 6.30. The fraction of sp³-hybridized carbons (Fsp3) is 0.571. The summed E-state index contributed by atoms with van der Waals surface area (Å²) < 4.78 is 0. The maximum Gasteiger partial charge on any atom is 0.0409 e. The first-order valence-corrected chi connectivity index (χ1v) is 6.76. The van der Waals surface area contributed by atoms with Gasteiger partial charge < -0.3 is 5.32 Å². The Kier molecular flexibility index (Phi) is 4.43. The smallest absolute Gasteiger partial charge is 0.0409 e. The van der Waals surface area contributed by atoms with Gasteiger partial charge in [-0.15, -0.1) is 0 Å². The number of nitrogens with one attached hydrogen (secondary N) is 1. The quantitative estimate of drug-likeness (QED) is 0.890. The summed E-state index contributed by atoms with van der Waals surface area (Å²) in [4.78, 5) is 2.56. The molecule has 1 N–H and O–H groups in total. The lowest BCUT2D eigenvalue weighted by Gasteiger charge is -2.37. The third-order valence-corrected chi connectivity index (χ3v) is 3.60. The molecule has 1 fully saturated rings. The number of rotatable bonds is 3. The molecule has 17 heavy (non-hydrogen) atoms. The predicted octanol–water partition coefficient (Wildman–Crippen LogP) is 2.94.